The van der Waals surface area contributed by atoms with Crippen LogP contribution in [0.1, 0.15) is 23.4 Å². The molecule has 0 saturated carbocycles. The quantitative estimate of drug-likeness (QED) is 0.498. The molecule has 20 heavy (non-hydrogen) atoms. The van der Waals surface area contributed by atoms with E-state index in [9.17, 15) is 0 Å². The molecule has 1 aromatic heterocycles. The summed E-state index contributed by atoms with van der Waals surface area (Å²) in [5, 5.41) is 1.95. The monoisotopic (exact) mass is 420 g/mol. The van der Waals surface area contributed by atoms with Crippen molar-refractivity contribution in [2.75, 3.05) is 13.2 Å². The summed E-state index contributed by atoms with van der Waals surface area (Å²) in [6, 6.07) is 8.08. The van der Waals surface area contributed by atoms with Crippen LogP contribution in [0.15, 0.2) is 29.6 Å². The van der Waals surface area contributed by atoms with Gasteiger partial charge in [-0.15, -0.1) is 22.9 Å². The zero-order valence-electron chi connectivity index (χ0n) is 10.9. The fraction of sp³-hybridized carbons (Fsp3) is 0.333. The van der Waals surface area contributed by atoms with Crippen LogP contribution >= 0.6 is 45.5 Å². The molecule has 0 fully saturated rings. The number of halogens is 2. The Kier molecular flexibility index (Phi) is 4.43. The number of ether oxygens (including phenoxy) is 2. The molecule has 5 heteroatoms. The van der Waals surface area contributed by atoms with Crippen LogP contribution in [0.4, 0.5) is 0 Å². The average Bonchev–Trinajstić information content (AvgIpc) is 2.80. The molecular formula is C15H14ClIO2S. The molecule has 2 unspecified atom stereocenters. The highest BCUT2D eigenvalue weighted by Gasteiger charge is 2.18. The molecule has 1 aliphatic heterocycles. The second-order valence-corrected chi connectivity index (χ2v) is 8.22. The predicted octanol–water partition coefficient (Wildman–Crippen LogP) is 5.09. The number of fused-ring (bicyclic) bond motifs is 1. The van der Waals surface area contributed by atoms with E-state index in [1.807, 2.05) is 18.2 Å². The predicted molar refractivity (Wildman–Crippen MR) is 91.3 cm³/mol. The summed E-state index contributed by atoms with van der Waals surface area (Å²) in [7, 11) is 0. The highest BCUT2D eigenvalue weighted by molar-refractivity contribution is 14.1. The second-order valence-electron chi connectivity index (χ2n) is 4.98. The lowest BCUT2D eigenvalue weighted by molar-refractivity contribution is 0.228. The Hall–Kier alpha value is -0.460. The van der Waals surface area contributed by atoms with Crippen molar-refractivity contribution in [1.29, 1.82) is 0 Å². The van der Waals surface area contributed by atoms with Gasteiger partial charge in [0.25, 0.3) is 0 Å². The molecule has 0 radical (unpaired) electrons. The summed E-state index contributed by atoms with van der Waals surface area (Å²) in [6.07, 6.45) is 0. The molecule has 106 valence electrons. The first-order valence-corrected chi connectivity index (χ1v) is 8.80. The van der Waals surface area contributed by atoms with E-state index in [2.05, 4.69) is 41.0 Å². The molecule has 1 aliphatic rings. The summed E-state index contributed by atoms with van der Waals surface area (Å²) in [6.45, 7) is 3.49. The topological polar surface area (TPSA) is 18.5 Å². The second kappa shape index (κ2) is 6.12. The Labute approximate surface area is 141 Å². The Balaban J connectivity index is 1.88. The first-order valence-electron chi connectivity index (χ1n) is 6.41. The molecule has 2 nitrogen and oxygen atoms in total. The lowest BCUT2D eigenvalue weighted by Crippen LogP contribution is -2.12. The number of rotatable bonds is 2. The molecule has 2 heterocycles. The first kappa shape index (κ1) is 14.5. The van der Waals surface area contributed by atoms with Gasteiger partial charge >= 0.3 is 0 Å². The van der Waals surface area contributed by atoms with Gasteiger partial charge in [-0.3, -0.25) is 0 Å². The van der Waals surface area contributed by atoms with Crippen molar-refractivity contribution < 1.29 is 9.47 Å². The molecule has 0 bridgehead atoms. The number of hydrogen-bond acceptors (Lipinski definition) is 3. The smallest absolute Gasteiger partial charge is 0.161 e. The Bertz CT molecular complexity index is 614. The summed E-state index contributed by atoms with van der Waals surface area (Å²) < 4.78 is 12.8. The fourth-order valence-corrected chi connectivity index (χ4v) is 3.81. The van der Waals surface area contributed by atoms with Crippen molar-refractivity contribution >= 4 is 45.5 Å². The van der Waals surface area contributed by atoms with Gasteiger partial charge in [-0.05, 0) is 57.3 Å². The summed E-state index contributed by atoms with van der Waals surface area (Å²) >= 11 is 10.6. The number of alkyl halides is 1. The van der Waals surface area contributed by atoms with E-state index >= 15 is 0 Å². The normalized spacial score (nSPS) is 19.4. The van der Waals surface area contributed by atoms with Crippen molar-refractivity contribution in [2.24, 2.45) is 5.92 Å². The number of hydrogen-bond donors (Lipinski definition) is 0. The third kappa shape index (κ3) is 3.07. The van der Waals surface area contributed by atoms with Crippen LogP contribution in [0.3, 0.4) is 0 Å². The lowest BCUT2D eigenvalue weighted by Gasteiger charge is -2.12. The van der Waals surface area contributed by atoms with E-state index < -0.39 is 0 Å². The Morgan fingerprint density at radius 3 is 2.65 bits per heavy atom. The molecule has 0 N–H and O–H groups in total. The SMILES string of the molecule is CC1COc2ccc(C(Cl)c3csc(I)c3)cc2OC1. The summed E-state index contributed by atoms with van der Waals surface area (Å²) in [4.78, 5) is 0. The zero-order valence-corrected chi connectivity index (χ0v) is 14.7. The molecule has 3 rings (SSSR count). The molecule has 2 atom stereocenters. The Morgan fingerprint density at radius 1 is 1.20 bits per heavy atom. The number of thiophene rings is 1. The minimum Gasteiger partial charge on any atom is -0.489 e. The largest absolute Gasteiger partial charge is 0.489 e. The van der Waals surface area contributed by atoms with Gasteiger partial charge in [-0.1, -0.05) is 13.0 Å². The van der Waals surface area contributed by atoms with Crippen LogP contribution in [0.5, 0.6) is 11.5 Å². The highest BCUT2D eigenvalue weighted by Crippen LogP contribution is 2.38. The van der Waals surface area contributed by atoms with Crippen LogP contribution < -0.4 is 9.47 Å². The zero-order chi connectivity index (χ0) is 14.1. The molecule has 2 aromatic rings. The minimum atomic E-state index is -0.149. The lowest BCUT2D eigenvalue weighted by atomic mass is 10.1. The van der Waals surface area contributed by atoms with Gasteiger partial charge in [0.2, 0.25) is 0 Å². The van der Waals surface area contributed by atoms with Crippen LogP contribution in [-0.4, -0.2) is 13.2 Å². The standard InChI is InChI=1S/C15H14ClIO2S/c1-9-6-18-12-3-2-10(4-13(12)19-7-9)15(16)11-5-14(17)20-8-11/h2-5,8-9,15H,6-7H2,1H3. The van der Waals surface area contributed by atoms with E-state index in [1.165, 1.54) is 2.88 Å². The maximum absolute atomic E-state index is 6.56. The maximum Gasteiger partial charge on any atom is 0.161 e. The van der Waals surface area contributed by atoms with Gasteiger partial charge in [0.05, 0.1) is 21.5 Å². The van der Waals surface area contributed by atoms with E-state index in [0.29, 0.717) is 19.1 Å². The van der Waals surface area contributed by atoms with Crippen molar-refractivity contribution in [2.45, 2.75) is 12.3 Å². The first-order chi connectivity index (χ1) is 9.63. The Morgan fingerprint density at radius 2 is 1.95 bits per heavy atom. The molecule has 1 aromatic carbocycles. The summed E-state index contributed by atoms with van der Waals surface area (Å²) in [5.41, 5.74) is 2.17. The van der Waals surface area contributed by atoms with Crippen LogP contribution in [-0.2, 0) is 0 Å². The number of benzene rings is 1. The van der Waals surface area contributed by atoms with Crippen LogP contribution in [0.2, 0.25) is 0 Å². The van der Waals surface area contributed by atoms with Crippen LogP contribution in [0.25, 0.3) is 0 Å². The van der Waals surface area contributed by atoms with Gasteiger partial charge in [-0.25, -0.2) is 0 Å². The van der Waals surface area contributed by atoms with Gasteiger partial charge in [0.1, 0.15) is 0 Å². The average molecular weight is 421 g/mol. The fourth-order valence-electron chi connectivity index (χ4n) is 2.08. The maximum atomic E-state index is 6.56. The molecule has 0 amide bonds. The van der Waals surface area contributed by atoms with Crippen molar-refractivity contribution in [3.05, 3.63) is 43.7 Å². The van der Waals surface area contributed by atoms with Gasteiger partial charge in [0, 0.05) is 5.92 Å². The molecule has 0 aliphatic carbocycles. The van der Waals surface area contributed by atoms with Gasteiger partial charge in [-0.2, -0.15) is 0 Å². The van der Waals surface area contributed by atoms with E-state index in [0.717, 1.165) is 22.6 Å². The molecular weight excluding hydrogens is 407 g/mol. The van der Waals surface area contributed by atoms with E-state index in [4.69, 9.17) is 21.1 Å². The third-order valence-electron chi connectivity index (χ3n) is 3.19. The minimum absolute atomic E-state index is 0.149. The van der Waals surface area contributed by atoms with Crippen LogP contribution in [0, 0.1) is 8.80 Å². The summed E-state index contributed by atoms with van der Waals surface area (Å²) in [5.74, 6) is 2.00. The van der Waals surface area contributed by atoms with Crippen molar-refractivity contribution in [1.82, 2.24) is 0 Å². The van der Waals surface area contributed by atoms with Gasteiger partial charge in [0.15, 0.2) is 11.5 Å². The van der Waals surface area contributed by atoms with E-state index in [-0.39, 0.29) is 5.38 Å². The highest BCUT2D eigenvalue weighted by atomic mass is 127. The van der Waals surface area contributed by atoms with Gasteiger partial charge < -0.3 is 9.47 Å². The van der Waals surface area contributed by atoms with Crippen molar-refractivity contribution in [3.8, 4) is 11.5 Å². The molecule has 0 saturated heterocycles. The molecule has 0 spiro atoms. The van der Waals surface area contributed by atoms with E-state index in [1.54, 1.807) is 11.3 Å². The third-order valence-corrected chi connectivity index (χ3v) is 5.50. The van der Waals surface area contributed by atoms with Crippen molar-refractivity contribution in [3.63, 3.8) is 0 Å².